The lowest BCUT2D eigenvalue weighted by Crippen LogP contribution is -2.32. The summed E-state index contributed by atoms with van der Waals surface area (Å²) in [5.74, 6) is -0.864. The van der Waals surface area contributed by atoms with E-state index in [2.05, 4.69) is 15.9 Å². The van der Waals surface area contributed by atoms with Crippen LogP contribution in [-0.2, 0) is 0 Å². The number of aliphatic hydroxyl groups is 1. The Hall–Kier alpha value is -1.35. The average molecular weight is 343 g/mol. The number of aliphatic hydroxyl groups excluding tert-OH is 1. The number of alkyl halides is 2. The van der Waals surface area contributed by atoms with E-state index in [0.717, 1.165) is 11.0 Å². The third-order valence-electron chi connectivity index (χ3n) is 2.28. The Balaban J connectivity index is 3.26. The van der Waals surface area contributed by atoms with E-state index >= 15 is 0 Å². The minimum Gasteiger partial charge on any atom is -0.395 e. The summed E-state index contributed by atoms with van der Waals surface area (Å²) >= 11 is 2.84. The second-order valence-corrected chi connectivity index (χ2v) is 4.43. The molecule has 0 aliphatic heterocycles. The lowest BCUT2D eigenvalue weighted by atomic mass is 10.2. The third kappa shape index (κ3) is 4.06. The molecule has 0 atom stereocenters. The van der Waals surface area contributed by atoms with E-state index in [-0.39, 0.29) is 16.7 Å². The van der Waals surface area contributed by atoms with Crippen LogP contribution in [0.2, 0.25) is 0 Å². The van der Waals surface area contributed by atoms with E-state index in [0.29, 0.717) is 6.07 Å². The van der Waals surface area contributed by atoms with Crippen molar-refractivity contribution in [1.82, 2.24) is 0 Å². The number of hydrogen-bond acceptors (Lipinski definition) is 4. The first-order valence-electron chi connectivity index (χ1n) is 5.14. The highest BCUT2D eigenvalue weighted by Crippen LogP contribution is 2.33. The Morgan fingerprint density at radius 1 is 1.47 bits per heavy atom. The van der Waals surface area contributed by atoms with Crippen LogP contribution in [0.25, 0.3) is 0 Å². The van der Waals surface area contributed by atoms with E-state index < -0.39 is 36.0 Å². The summed E-state index contributed by atoms with van der Waals surface area (Å²) in [7, 11) is 0. The SMILES string of the molecule is O=[N+]([O-])c1cc(F)c(Br)cc1N(CCO)CC(F)F. The first-order chi connectivity index (χ1) is 8.86. The second kappa shape index (κ2) is 6.71. The maximum absolute atomic E-state index is 13.3. The van der Waals surface area contributed by atoms with E-state index in [1.54, 1.807) is 0 Å². The lowest BCUT2D eigenvalue weighted by Gasteiger charge is -2.23. The first kappa shape index (κ1) is 15.7. The molecule has 1 N–H and O–H groups in total. The van der Waals surface area contributed by atoms with Crippen LogP contribution in [-0.4, -0.2) is 36.2 Å². The van der Waals surface area contributed by atoms with Gasteiger partial charge in [-0.2, -0.15) is 0 Å². The number of nitrogens with zero attached hydrogens (tertiary/aromatic N) is 2. The van der Waals surface area contributed by atoms with Crippen molar-refractivity contribution in [2.75, 3.05) is 24.6 Å². The zero-order valence-electron chi connectivity index (χ0n) is 9.52. The molecule has 0 saturated carbocycles. The summed E-state index contributed by atoms with van der Waals surface area (Å²) < 4.78 is 38.0. The molecule has 0 saturated heterocycles. The van der Waals surface area contributed by atoms with Gasteiger partial charge in [0.25, 0.3) is 12.1 Å². The monoisotopic (exact) mass is 342 g/mol. The summed E-state index contributed by atoms with van der Waals surface area (Å²) in [6.45, 7) is -1.47. The molecule has 0 heterocycles. The standard InChI is InChI=1S/C10H10BrF3N2O3/c11-6-3-8(9(16(18)19)4-7(6)12)15(1-2-17)5-10(13)14/h3-4,10,17H,1-2,5H2. The van der Waals surface area contributed by atoms with Gasteiger partial charge >= 0.3 is 0 Å². The van der Waals surface area contributed by atoms with Gasteiger partial charge < -0.3 is 10.0 Å². The fourth-order valence-corrected chi connectivity index (χ4v) is 1.85. The van der Waals surface area contributed by atoms with Crippen LogP contribution in [0.4, 0.5) is 24.5 Å². The van der Waals surface area contributed by atoms with Crippen molar-refractivity contribution in [3.8, 4) is 0 Å². The molecule has 1 aromatic carbocycles. The molecule has 0 radical (unpaired) electrons. The molecule has 0 unspecified atom stereocenters. The molecule has 0 aliphatic rings. The van der Waals surface area contributed by atoms with Gasteiger partial charge in [-0.3, -0.25) is 10.1 Å². The largest absolute Gasteiger partial charge is 0.395 e. The number of hydrogen-bond donors (Lipinski definition) is 1. The number of nitro groups is 1. The molecule has 5 nitrogen and oxygen atoms in total. The van der Waals surface area contributed by atoms with Crippen LogP contribution in [0.5, 0.6) is 0 Å². The molecule has 9 heteroatoms. The molecule has 1 rings (SSSR count). The van der Waals surface area contributed by atoms with Crippen LogP contribution in [0, 0.1) is 15.9 Å². The van der Waals surface area contributed by atoms with Crippen molar-refractivity contribution in [3.05, 3.63) is 32.5 Å². The lowest BCUT2D eigenvalue weighted by molar-refractivity contribution is -0.384. The van der Waals surface area contributed by atoms with Crippen molar-refractivity contribution >= 4 is 27.3 Å². The van der Waals surface area contributed by atoms with E-state index in [1.165, 1.54) is 0 Å². The molecular weight excluding hydrogens is 333 g/mol. The fourth-order valence-electron chi connectivity index (χ4n) is 1.52. The van der Waals surface area contributed by atoms with Crippen LogP contribution in [0.15, 0.2) is 16.6 Å². The normalized spacial score (nSPS) is 10.8. The van der Waals surface area contributed by atoms with E-state index in [1.807, 2.05) is 0 Å². The number of rotatable bonds is 6. The predicted octanol–water partition coefficient (Wildman–Crippen LogP) is 2.56. The summed E-state index contributed by atoms with van der Waals surface area (Å²) in [4.78, 5) is 10.9. The van der Waals surface area contributed by atoms with Gasteiger partial charge in [0.15, 0.2) is 0 Å². The quantitative estimate of drug-likeness (QED) is 0.637. The molecular formula is C10H10BrF3N2O3. The Morgan fingerprint density at radius 3 is 2.58 bits per heavy atom. The van der Waals surface area contributed by atoms with Crippen molar-refractivity contribution in [2.45, 2.75) is 6.43 Å². The fraction of sp³-hybridized carbons (Fsp3) is 0.400. The minimum absolute atomic E-state index is 0.0784. The molecule has 19 heavy (non-hydrogen) atoms. The second-order valence-electron chi connectivity index (χ2n) is 3.57. The van der Waals surface area contributed by atoms with Gasteiger partial charge in [0, 0.05) is 6.54 Å². The van der Waals surface area contributed by atoms with Crippen molar-refractivity contribution in [3.63, 3.8) is 0 Å². The molecule has 0 spiro atoms. The van der Waals surface area contributed by atoms with Crippen LogP contribution in [0.3, 0.4) is 0 Å². The predicted molar refractivity (Wildman–Crippen MR) is 66.1 cm³/mol. The van der Waals surface area contributed by atoms with Crippen molar-refractivity contribution < 1.29 is 23.2 Å². The Bertz CT molecular complexity index is 474. The van der Waals surface area contributed by atoms with E-state index in [4.69, 9.17) is 5.11 Å². The molecule has 0 bridgehead atoms. The summed E-state index contributed by atoms with van der Waals surface area (Å²) in [5, 5.41) is 19.6. The van der Waals surface area contributed by atoms with Gasteiger partial charge in [0.05, 0.1) is 28.6 Å². The van der Waals surface area contributed by atoms with E-state index in [9.17, 15) is 23.3 Å². The zero-order valence-corrected chi connectivity index (χ0v) is 11.1. The Kier molecular flexibility index (Phi) is 5.55. The van der Waals surface area contributed by atoms with Gasteiger partial charge in [-0.05, 0) is 22.0 Å². The van der Waals surface area contributed by atoms with Crippen LogP contribution < -0.4 is 4.90 Å². The topological polar surface area (TPSA) is 66.6 Å². The van der Waals surface area contributed by atoms with Crippen LogP contribution in [0.1, 0.15) is 0 Å². The average Bonchev–Trinajstić information content (AvgIpc) is 2.30. The Labute approximate surface area is 114 Å². The molecule has 106 valence electrons. The maximum atomic E-state index is 13.3. The molecule has 0 fully saturated rings. The summed E-state index contributed by atoms with van der Waals surface area (Å²) in [6.07, 6.45) is -2.74. The Morgan fingerprint density at radius 2 is 2.11 bits per heavy atom. The number of nitro benzene ring substituents is 1. The number of anilines is 1. The van der Waals surface area contributed by atoms with Gasteiger partial charge in [0.1, 0.15) is 11.5 Å². The third-order valence-corrected chi connectivity index (χ3v) is 2.89. The van der Waals surface area contributed by atoms with Crippen molar-refractivity contribution in [2.24, 2.45) is 0 Å². The minimum atomic E-state index is -2.74. The van der Waals surface area contributed by atoms with Gasteiger partial charge in [0.2, 0.25) is 0 Å². The van der Waals surface area contributed by atoms with Gasteiger partial charge in [-0.15, -0.1) is 0 Å². The summed E-state index contributed by atoms with van der Waals surface area (Å²) in [6, 6.07) is 1.70. The molecule has 0 aromatic heterocycles. The molecule has 0 amide bonds. The van der Waals surface area contributed by atoms with Gasteiger partial charge in [-0.25, -0.2) is 13.2 Å². The summed E-state index contributed by atoms with van der Waals surface area (Å²) in [5.41, 5.74) is -0.803. The van der Waals surface area contributed by atoms with Crippen molar-refractivity contribution in [1.29, 1.82) is 0 Å². The number of halogens is 4. The maximum Gasteiger partial charge on any atom is 0.295 e. The first-order valence-corrected chi connectivity index (χ1v) is 5.93. The molecule has 0 aliphatic carbocycles. The number of benzene rings is 1. The highest BCUT2D eigenvalue weighted by Gasteiger charge is 2.24. The highest BCUT2D eigenvalue weighted by molar-refractivity contribution is 9.10. The van der Waals surface area contributed by atoms with Crippen LogP contribution >= 0.6 is 15.9 Å². The zero-order chi connectivity index (χ0) is 14.6. The smallest absolute Gasteiger partial charge is 0.295 e. The highest BCUT2D eigenvalue weighted by atomic mass is 79.9. The van der Waals surface area contributed by atoms with Gasteiger partial charge in [-0.1, -0.05) is 0 Å². The molecule has 1 aromatic rings.